The van der Waals surface area contributed by atoms with Crippen molar-refractivity contribution in [3.8, 4) is 33.8 Å². The Morgan fingerprint density at radius 2 is 1.43 bits per heavy atom. The topological polar surface area (TPSA) is 126 Å². The molecule has 7 rings (SSSR count). The monoisotopic (exact) mass is 671 g/mol. The molecule has 49 heavy (non-hydrogen) atoms. The molecular formula is C37H30ClN7O4. The molecule has 0 atom stereocenters. The number of halogens is 1. The standard InChI is InChI=1S/C37H30ClN7O4/c1-6-49-36(48)32-30(22(4)44(41-32)26-15-9-21(3)10-16-26)29-19-28(24-11-7-20(2)8-12-24)31-33(39-29)40-37-43(35(31)47)34(23(5)46)42-45(37)27-17-13-25(38)14-18-27/h7-19H,6H2,1-5H3. The van der Waals surface area contributed by atoms with Gasteiger partial charge in [-0.25, -0.2) is 18.9 Å². The van der Waals surface area contributed by atoms with Gasteiger partial charge in [0.1, 0.15) is 0 Å². The lowest BCUT2D eigenvalue weighted by molar-refractivity contribution is 0.0519. The lowest BCUT2D eigenvalue weighted by Gasteiger charge is -2.12. The lowest BCUT2D eigenvalue weighted by Crippen LogP contribution is -2.20. The van der Waals surface area contributed by atoms with E-state index in [2.05, 4.69) is 5.10 Å². The number of carbonyl (C=O) groups excluding carboxylic acids is 2. The first-order valence-electron chi connectivity index (χ1n) is 15.6. The maximum atomic E-state index is 14.5. The van der Waals surface area contributed by atoms with Gasteiger partial charge >= 0.3 is 5.97 Å². The van der Waals surface area contributed by atoms with Crippen molar-refractivity contribution >= 4 is 40.2 Å². The molecular weight excluding hydrogens is 642 g/mol. The Morgan fingerprint density at radius 3 is 2.06 bits per heavy atom. The fourth-order valence-corrected chi connectivity index (χ4v) is 5.97. The van der Waals surface area contributed by atoms with Gasteiger partial charge in [-0.1, -0.05) is 59.1 Å². The molecule has 3 aromatic carbocycles. The number of rotatable bonds is 7. The van der Waals surface area contributed by atoms with Gasteiger partial charge < -0.3 is 4.74 Å². The molecule has 4 aromatic heterocycles. The summed E-state index contributed by atoms with van der Waals surface area (Å²) in [6, 6.07) is 24.0. The van der Waals surface area contributed by atoms with Crippen LogP contribution in [0.3, 0.4) is 0 Å². The van der Waals surface area contributed by atoms with Gasteiger partial charge in [-0.3, -0.25) is 9.59 Å². The van der Waals surface area contributed by atoms with Gasteiger partial charge in [0.25, 0.3) is 5.56 Å². The van der Waals surface area contributed by atoms with E-state index in [1.165, 1.54) is 16.0 Å². The van der Waals surface area contributed by atoms with E-state index >= 15 is 0 Å². The fourth-order valence-electron chi connectivity index (χ4n) is 5.85. The van der Waals surface area contributed by atoms with E-state index in [0.29, 0.717) is 38.8 Å². The molecule has 0 saturated heterocycles. The second kappa shape index (κ2) is 12.3. The average molecular weight is 672 g/mol. The van der Waals surface area contributed by atoms with Crippen molar-refractivity contribution in [1.82, 2.24) is 33.9 Å². The van der Waals surface area contributed by atoms with Crippen molar-refractivity contribution in [1.29, 1.82) is 0 Å². The van der Waals surface area contributed by atoms with Crippen molar-refractivity contribution < 1.29 is 14.3 Å². The Kier molecular flexibility index (Phi) is 7.92. The molecule has 12 heteroatoms. The van der Waals surface area contributed by atoms with Crippen LogP contribution < -0.4 is 5.56 Å². The largest absolute Gasteiger partial charge is 0.461 e. The number of ketones is 1. The normalized spacial score (nSPS) is 11.4. The molecule has 0 bridgehead atoms. The van der Waals surface area contributed by atoms with Crippen LogP contribution in [-0.4, -0.2) is 52.3 Å². The number of aromatic nitrogens is 7. The first kappa shape index (κ1) is 31.6. The van der Waals surface area contributed by atoms with Gasteiger partial charge in [-0.05, 0) is 75.7 Å². The second-order valence-corrected chi connectivity index (χ2v) is 12.2. The summed E-state index contributed by atoms with van der Waals surface area (Å²) in [5.74, 6) is -1.02. The SMILES string of the molecule is CCOC(=O)c1nn(-c2ccc(C)cc2)c(C)c1-c1cc(-c2ccc(C)cc2)c2c(=O)n3c(C(C)=O)nn(-c4ccc(Cl)cc4)c3nc2n1. The zero-order chi connectivity index (χ0) is 34.6. The van der Waals surface area contributed by atoms with Crippen LogP contribution in [0.2, 0.25) is 5.02 Å². The van der Waals surface area contributed by atoms with Crippen LogP contribution in [0.5, 0.6) is 0 Å². The maximum absolute atomic E-state index is 14.5. The highest BCUT2D eigenvalue weighted by Gasteiger charge is 2.28. The maximum Gasteiger partial charge on any atom is 0.359 e. The molecule has 0 aliphatic heterocycles. The first-order chi connectivity index (χ1) is 23.5. The molecule has 0 spiro atoms. The first-order valence-corrected chi connectivity index (χ1v) is 16.0. The third kappa shape index (κ3) is 5.47. The molecule has 0 radical (unpaired) electrons. The molecule has 7 aromatic rings. The second-order valence-electron chi connectivity index (χ2n) is 11.7. The molecule has 0 unspecified atom stereocenters. The minimum Gasteiger partial charge on any atom is -0.461 e. The minimum absolute atomic E-state index is 0.0736. The van der Waals surface area contributed by atoms with Crippen LogP contribution in [0.4, 0.5) is 0 Å². The van der Waals surface area contributed by atoms with E-state index < -0.39 is 17.3 Å². The predicted octanol–water partition coefficient (Wildman–Crippen LogP) is 6.91. The minimum atomic E-state index is -0.611. The van der Waals surface area contributed by atoms with Gasteiger partial charge in [0.05, 0.1) is 40.3 Å². The molecule has 0 saturated carbocycles. The number of fused-ring (bicyclic) bond motifs is 2. The van der Waals surface area contributed by atoms with Crippen LogP contribution >= 0.6 is 11.6 Å². The number of benzene rings is 3. The number of esters is 1. The lowest BCUT2D eigenvalue weighted by atomic mass is 9.98. The van der Waals surface area contributed by atoms with Gasteiger partial charge in [0.15, 0.2) is 17.1 Å². The van der Waals surface area contributed by atoms with Crippen molar-refractivity contribution in [2.75, 3.05) is 6.61 Å². The summed E-state index contributed by atoms with van der Waals surface area (Å²) in [5, 5.41) is 9.90. The highest BCUT2D eigenvalue weighted by atomic mass is 35.5. The van der Waals surface area contributed by atoms with E-state index in [9.17, 15) is 14.4 Å². The summed E-state index contributed by atoms with van der Waals surface area (Å²) in [4.78, 5) is 50.6. The summed E-state index contributed by atoms with van der Waals surface area (Å²) < 4.78 is 9.75. The third-order valence-corrected chi connectivity index (χ3v) is 8.54. The van der Waals surface area contributed by atoms with E-state index in [1.54, 1.807) is 41.9 Å². The van der Waals surface area contributed by atoms with Crippen LogP contribution in [0.1, 0.15) is 51.8 Å². The van der Waals surface area contributed by atoms with E-state index in [1.807, 2.05) is 69.3 Å². The van der Waals surface area contributed by atoms with Gasteiger partial charge in [-0.2, -0.15) is 14.8 Å². The van der Waals surface area contributed by atoms with E-state index in [-0.39, 0.29) is 34.9 Å². The average Bonchev–Trinajstić information content (AvgIpc) is 3.64. The number of aryl methyl sites for hydroxylation is 2. The Morgan fingerprint density at radius 1 is 0.816 bits per heavy atom. The zero-order valence-corrected chi connectivity index (χ0v) is 28.1. The smallest absolute Gasteiger partial charge is 0.359 e. The van der Waals surface area contributed by atoms with Crippen molar-refractivity contribution in [3.05, 3.63) is 123 Å². The number of nitrogens with zero attached hydrogens (tertiary/aromatic N) is 7. The number of pyridine rings is 1. The predicted molar refractivity (Wildman–Crippen MR) is 187 cm³/mol. The van der Waals surface area contributed by atoms with Crippen LogP contribution in [-0.2, 0) is 4.74 Å². The summed E-state index contributed by atoms with van der Waals surface area (Å²) >= 11 is 6.15. The van der Waals surface area contributed by atoms with Crippen LogP contribution in [0.25, 0.3) is 50.6 Å². The van der Waals surface area contributed by atoms with Crippen molar-refractivity contribution in [2.24, 2.45) is 0 Å². The fraction of sp³-hybridized carbons (Fsp3) is 0.162. The Labute approximate surface area is 285 Å². The molecule has 4 heterocycles. The molecule has 244 valence electrons. The number of carbonyl (C=O) groups is 2. The van der Waals surface area contributed by atoms with Gasteiger partial charge in [0, 0.05) is 17.5 Å². The Bertz CT molecular complexity index is 2500. The number of Topliss-reactive ketones (excluding diaryl/α,β-unsaturated/α-hetero) is 1. The molecule has 0 amide bonds. The van der Waals surface area contributed by atoms with E-state index in [4.69, 9.17) is 31.4 Å². The van der Waals surface area contributed by atoms with Gasteiger partial charge in [-0.15, -0.1) is 5.10 Å². The Hall–Kier alpha value is -5.94. The van der Waals surface area contributed by atoms with E-state index in [0.717, 1.165) is 16.8 Å². The molecule has 0 aliphatic rings. The zero-order valence-electron chi connectivity index (χ0n) is 27.4. The van der Waals surface area contributed by atoms with Gasteiger partial charge in [0.2, 0.25) is 11.6 Å². The highest BCUT2D eigenvalue weighted by Crippen LogP contribution is 2.35. The summed E-state index contributed by atoms with van der Waals surface area (Å²) in [7, 11) is 0. The highest BCUT2D eigenvalue weighted by molar-refractivity contribution is 6.30. The molecule has 11 nitrogen and oxygen atoms in total. The van der Waals surface area contributed by atoms with Crippen LogP contribution in [0, 0.1) is 20.8 Å². The van der Waals surface area contributed by atoms with Crippen molar-refractivity contribution in [3.63, 3.8) is 0 Å². The third-order valence-electron chi connectivity index (χ3n) is 8.29. The van der Waals surface area contributed by atoms with Crippen LogP contribution in [0.15, 0.2) is 83.7 Å². The Balaban J connectivity index is 1.59. The summed E-state index contributed by atoms with van der Waals surface area (Å²) in [5.41, 5.74) is 5.72. The number of hydrogen-bond acceptors (Lipinski definition) is 8. The van der Waals surface area contributed by atoms with Crippen molar-refractivity contribution in [2.45, 2.75) is 34.6 Å². The number of hydrogen-bond donors (Lipinski definition) is 0. The summed E-state index contributed by atoms with van der Waals surface area (Å²) in [6.07, 6.45) is 0. The molecule has 0 fully saturated rings. The molecule has 0 N–H and O–H groups in total. The summed E-state index contributed by atoms with van der Waals surface area (Å²) in [6.45, 7) is 9.04. The number of ether oxygens (including phenoxy) is 1. The molecule has 0 aliphatic carbocycles. The quantitative estimate of drug-likeness (QED) is 0.132.